The molecule has 1 aromatic carbocycles. The van der Waals surface area contributed by atoms with Crippen molar-refractivity contribution in [1.29, 1.82) is 0 Å². The lowest BCUT2D eigenvalue weighted by atomic mass is 10.2. The van der Waals surface area contributed by atoms with Gasteiger partial charge in [0.05, 0.1) is 15.8 Å². The number of rotatable bonds is 2. The summed E-state index contributed by atoms with van der Waals surface area (Å²) in [5, 5.41) is 0.0353. The highest BCUT2D eigenvalue weighted by molar-refractivity contribution is 7.92. The minimum absolute atomic E-state index is 0.175. The van der Waals surface area contributed by atoms with Crippen molar-refractivity contribution >= 4 is 27.1 Å². The van der Waals surface area contributed by atoms with Gasteiger partial charge in [-0.3, -0.25) is 0 Å². The second-order valence-corrected chi connectivity index (χ2v) is 6.67. The summed E-state index contributed by atoms with van der Waals surface area (Å²) in [6.45, 7) is 0.967. The van der Waals surface area contributed by atoms with E-state index < -0.39 is 15.1 Å². The zero-order chi connectivity index (χ0) is 12.5. The summed E-state index contributed by atoms with van der Waals surface area (Å²) in [5.74, 6) is 0. The fourth-order valence-electron chi connectivity index (χ4n) is 1.94. The van der Waals surface area contributed by atoms with Crippen LogP contribution < -0.4 is 5.73 Å². The van der Waals surface area contributed by atoms with Crippen LogP contribution in [-0.4, -0.2) is 26.9 Å². The van der Waals surface area contributed by atoms with Gasteiger partial charge in [0.2, 0.25) is 0 Å². The highest BCUT2D eigenvalue weighted by Gasteiger charge is 2.30. The smallest absolute Gasteiger partial charge is 0.183 e. The van der Waals surface area contributed by atoms with Crippen molar-refractivity contribution in [1.82, 2.24) is 0 Å². The van der Waals surface area contributed by atoms with Gasteiger partial charge in [0.15, 0.2) is 9.84 Å². The Bertz CT molecular complexity index is 509. The van der Waals surface area contributed by atoms with Crippen LogP contribution in [0.25, 0.3) is 0 Å². The van der Waals surface area contributed by atoms with Crippen LogP contribution in [0.4, 0.5) is 5.69 Å². The van der Waals surface area contributed by atoms with Gasteiger partial charge in [0, 0.05) is 18.2 Å². The van der Waals surface area contributed by atoms with Crippen molar-refractivity contribution in [3.63, 3.8) is 0 Å². The van der Waals surface area contributed by atoms with Gasteiger partial charge in [-0.1, -0.05) is 11.6 Å². The molecule has 0 radical (unpaired) electrons. The van der Waals surface area contributed by atoms with Gasteiger partial charge in [-0.05, 0) is 31.0 Å². The van der Waals surface area contributed by atoms with Gasteiger partial charge < -0.3 is 10.5 Å². The lowest BCUT2D eigenvalue weighted by Crippen LogP contribution is -2.29. The van der Waals surface area contributed by atoms with Gasteiger partial charge in [-0.2, -0.15) is 0 Å². The highest BCUT2D eigenvalue weighted by atomic mass is 35.5. The highest BCUT2D eigenvalue weighted by Crippen LogP contribution is 2.29. The summed E-state index contributed by atoms with van der Waals surface area (Å²) in [6, 6.07) is 4.49. The van der Waals surface area contributed by atoms with E-state index in [0.717, 1.165) is 0 Å². The number of nitrogen functional groups attached to an aromatic ring is 1. The first-order valence-corrected chi connectivity index (χ1v) is 7.31. The fourth-order valence-corrected chi connectivity index (χ4v) is 3.94. The number of anilines is 1. The Labute approximate surface area is 106 Å². The molecule has 4 nitrogen and oxygen atoms in total. The molecule has 0 amide bonds. The summed E-state index contributed by atoms with van der Waals surface area (Å²) >= 11 is 5.76. The van der Waals surface area contributed by atoms with Crippen LogP contribution >= 0.6 is 11.6 Å². The zero-order valence-electron chi connectivity index (χ0n) is 9.23. The first kappa shape index (κ1) is 12.7. The predicted molar refractivity (Wildman–Crippen MR) is 66.9 cm³/mol. The first-order valence-electron chi connectivity index (χ1n) is 5.38. The number of benzene rings is 1. The van der Waals surface area contributed by atoms with E-state index in [4.69, 9.17) is 22.1 Å². The summed E-state index contributed by atoms with van der Waals surface area (Å²) in [4.78, 5) is 0.175. The van der Waals surface area contributed by atoms with Crippen LogP contribution in [0.3, 0.4) is 0 Å². The Morgan fingerprint density at radius 3 is 2.53 bits per heavy atom. The predicted octanol–water partition coefficient (Wildman–Crippen LogP) is 1.87. The summed E-state index contributed by atoms with van der Waals surface area (Å²) in [5.41, 5.74) is 5.93. The Balaban J connectivity index is 2.37. The summed E-state index contributed by atoms with van der Waals surface area (Å²) < 4.78 is 29.8. The molecule has 0 atom stereocenters. The van der Waals surface area contributed by atoms with E-state index in [0.29, 0.717) is 31.1 Å². The zero-order valence-corrected chi connectivity index (χ0v) is 10.8. The maximum atomic E-state index is 12.3. The molecular formula is C11H14ClNO3S. The van der Waals surface area contributed by atoms with Crippen LogP contribution in [0.2, 0.25) is 5.02 Å². The van der Waals surface area contributed by atoms with Crippen LogP contribution in [-0.2, 0) is 14.6 Å². The van der Waals surface area contributed by atoms with Crippen molar-refractivity contribution in [2.45, 2.75) is 23.0 Å². The molecule has 1 fully saturated rings. The summed E-state index contributed by atoms with van der Waals surface area (Å²) in [6.07, 6.45) is 1.04. The molecule has 0 aromatic heterocycles. The quantitative estimate of drug-likeness (QED) is 0.837. The minimum Gasteiger partial charge on any atom is -0.398 e. The fraction of sp³-hybridized carbons (Fsp3) is 0.455. The average molecular weight is 276 g/mol. The lowest BCUT2D eigenvalue weighted by molar-refractivity contribution is 0.0983. The second kappa shape index (κ2) is 4.84. The third kappa shape index (κ3) is 2.56. The molecule has 0 aliphatic carbocycles. The maximum absolute atomic E-state index is 12.3. The minimum atomic E-state index is -3.37. The Hall–Kier alpha value is -0.780. The first-order chi connectivity index (χ1) is 8.01. The van der Waals surface area contributed by atoms with E-state index >= 15 is 0 Å². The Morgan fingerprint density at radius 2 is 1.94 bits per heavy atom. The molecule has 94 valence electrons. The number of halogens is 1. The van der Waals surface area contributed by atoms with Crippen LogP contribution in [0, 0.1) is 0 Å². The van der Waals surface area contributed by atoms with Crippen molar-refractivity contribution < 1.29 is 13.2 Å². The number of sulfone groups is 1. The van der Waals surface area contributed by atoms with E-state index in [1.807, 2.05) is 0 Å². The standard InChI is InChI=1S/C11H14ClNO3S/c12-8-1-2-11(10(13)7-8)17(14,15)9-3-5-16-6-4-9/h1-2,7,9H,3-6,13H2. The number of ether oxygens (including phenoxy) is 1. The largest absolute Gasteiger partial charge is 0.398 e. The third-order valence-electron chi connectivity index (χ3n) is 2.89. The third-order valence-corrected chi connectivity index (χ3v) is 5.45. The Morgan fingerprint density at radius 1 is 1.29 bits per heavy atom. The van der Waals surface area contributed by atoms with Gasteiger partial charge in [-0.25, -0.2) is 8.42 Å². The van der Waals surface area contributed by atoms with E-state index in [9.17, 15) is 8.42 Å². The van der Waals surface area contributed by atoms with E-state index in [1.165, 1.54) is 12.1 Å². The summed E-state index contributed by atoms with van der Waals surface area (Å²) in [7, 11) is -3.37. The van der Waals surface area contributed by atoms with Crippen molar-refractivity contribution in [3.8, 4) is 0 Å². The molecule has 17 heavy (non-hydrogen) atoms. The molecule has 0 unspecified atom stereocenters. The normalized spacial score (nSPS) is 18.2. The van der Waals surface area contributed by atoms with Crippen molar-refractivity contribution in [3.05, 3.63) is 23.2 Å². The second-order valence-electron chi connectivity index (χ2n) is 4.04. The SMILES string of the molecule is Nc1cc(Cl)ccc1S(=O)(=O)C1CCOCC1. The molecular weight excluding hydrogens is 262 g/mol. The van der Waals surface area contributed by atoms with E-state index in [-0.39, 0.29) is 10.6 Å². The molecule has 1 aliphatic rings. The van der Waals surface area contributed by atoms with E-state index in [1.54, 1.807) is 6.07 Å². The van der Waals surface area contributed by atoms with Crippen LogP contribution in [0.5, 0.6) is 0 Å². The Kier molecular flexibility index (Phi) is 3.61. The number of nitrogens with two attached hydrogens (primary N) is 1. The molecule has 1 aliphatic heterocycles. The van der Waals surface area contributed by atoms with Crippen molar-refractivity contribution in [2.75, 3.05) is 18.9 Å². The molecule has 2 rings (SSSR count). The molecule has 1 heterocycles. The topological polar surface area (TPSA) is 69.4 Å². The molecule has 2 N–H and O–H groups in total. The average Bonchev–Trinajstić information content (AvgIpc) is 2.29. The molecule has 1 aromatic rings. The van der Waals surface area contributed by atoms with Gasteiger partial charge in [0.25, 0.3) is 0 Å². The van der Waals surface area contributed by atoms with Crippen molar-refractivity contribution in [2.24, 2.45) is 0 Å². The lowest BCUT2D eigenvalue weighted by Gasteiger charge is -2.22. The molecule has 0 spiro atoms. The molecule has 0 bridgehead atoms. The maximum Gasteiger partial charge on any atom is 0.183 e. The van der Waals surface area contributed by atoms with Gasteiger partial charge in [-0.15, -0.1) is 0 Å². The van der Waals surface area contributed by atoms with E-state index in [2.05, 4.69) is 0 Å². The molecule has 1 saturated heterocycles. The monoisotopic (exact) mass is 275 g/mol. The van der Waals surface area contributed by atoms with Gasteiger partial charge >= 0.3 is 0 Å². The molecule has 6 heteroatoms. The van der Waals surface area contributed by atoms with Crippen LogP contribution in [0.15, 0.2) is 23.1 Å². The number of hydrogen-bond donors (Lipinski definition) is 1. The number of hydrogen-bond acceptors (Lipinski definition) is 4. The van der Waals surface area contributed by atoms with Gasteiger partial charge in [0.1, 0.15) is 0 Å². The van der Waals surface area contributed by atoms with Crippen LogP contribution in [0.1, 0.15) is 12.8 Å². The molecule has 0 saturated carbocycles.